The van der Waals surface area contributed by atoms with Gasteiger partial charge in [-0.3, -0.25) is 9.78 Å². The molecule has 1 aliphatic rings. The fourth-order valence-electron chi connectivity index (χ4n) is 3.27. The van der Waals surface area contributed by atoms with E-state index in [1.54, 1.807) is 6.08 Å². The zero-order chi connectivity index (χ0) is 16.2. The number of hydrogen-bond donors (Lipinski definition) is 0. The number of hydrogen-bond acceptors (Lipinski definition) is 2. The molecule has 1 saturated heterocycles. The van der Waals surface area contributed by atoms with Crippen LogP contribution in [0.4, 0.5) is 0 Å². The standard InChI is InChI=1S/C20H24N2O/c1-15(2)7-8-20(23)22-13-10-16(11-14-22)17-9-12-21-19-6-4-3-5-18(17)19/h3-9,12,15-16H,10-11,13-14H2,1-2H3/b8-7+. The van der Waals surface area contributed by atoms with Gasteiger partial charge in [0.2, 0.25) is 5.91 Å². The van der Waals surface area contributed by atoms with E-state index in [0.29, 0.717) is 11.8 Å². The van der Waals surface area contributed by atoms with Gasteiger partial charge in [0.15, 0.2) is 0 Å². The van der Waals surface area contributed by atoms with Crippen LogP contribution in [0.15, 0.2) is 48.7 Å². The summed E-state index contributed by atoms with van der Waals surface area (Å²) >= 11 is 0. The van der Waals surface area contributed by atoms with Gasteiger partial charge in [0.05, 0.1) is 5.52 Å². The molecule has 3 nitrogen and oxygen atoms in total. The maximum atomic E-state index is 12.2. The predicted octanol–water partition coefficient (Wildman–Crippen LogP) is 4.15. The summed E-state index contributed by atoms with van der Waals surface area (Å²) < 4.78 is 0. The highest BCUT2D eigenvalue weighted by atomic mass is 16.2. The number of pyridine rings is 1. The molecule has 1 fully saturated rings. The van der Waals surface area contributed by atoms with Crippen LogP contribution in [0.3, 0.4) is 0 Å². The van der Waals surface area contributed by atoms with Crippen molar-refractivity contribution in [1.82, 2.24) is 9.88 Å². The smallest absolute Gasteiger partial charge is 0.246 e. The molecule has 23 heavy (non-hydrogen) atoms. The molecular weight excluding hydrogens is 284 g/mol. The van der Waals surface area contributed by atoms with Crippen molar-refractivity contribution in [3.8, 4) is 0 Å². The topological polar surface area (TPSA) is 33.2 Å². The van der Waals surface area contributed by atoms with Crippen molar-refractivity contribution in [2.45, 2.75) is 32.6 Å². The molecular formula is C20H24N2O. The van der Waals surface area contributed by atoms with E-state index >= 15 is 0 Å². The first-order chi connectivity index (χ1) is 11.1. The number of nitrogens with zero attached hydrogens (tertiary/aromatic N) is 2. The van der Waals surface area contributed by atoms with Crippen molar-refractivity contribution in [2.24, 2.45) is 5.92 Å². The molecule has 3 rings (SSSR count). The van der Waals surface area contributed by atoms with Crippen LogP contribution in [-0.2, 0) is 4.79 Å². The fourth-order valence-corrected chi connectivity index (χ4v) is 3.27. The molecule has 120 valence electrons. The Labute approximate surface area is 138 Å². The minimum atomic E-state index is 0.150. The molecule has 2 heterocycles. The summed E-state index contributed by atoms with van der Waals surface area (Å²) in [4.78, 5) is 18.6. The van der Waals surface area contributed by atoms with Crippen LogP contribution < -0.4 is 0 Å². The van der Waals surface area contributed by atoms with Crippen LogP contribution in [-0.4, -0.2) is 28.9 Å². The molecule has 0 spiro atoms. The van der Waals surface area contributed by atoms with Crippen LogP contribution >= 0.6 is 0 Å². The summed E-state index contributed by atoms with van der Waals surface area (Å²) in [5.74, 6) is 1.08. The van der Waals surface area contributed by atoms with Crippen molar-refractivity contribution in [3.05, 3.63) is 54.2 Å². The summed E-state index contributed by atoms with van der Waals surface area (Å²) in [5.41, 5.74) is 2.43. The number of aromatic nitrogens is 1. The lowest BCUT2D eigenvalue weighted by atomic mass is 9.87. The molecule has 0 unspecified atom stereocenters. The second-order valence-electron chi connectivity index (χ2n) is 6.62. The van der Waals surface area contributed by atoms with Gasteiger partial charge in [-0.2, -0.15) is 0 Å². The van der Waals surface area contributed by atoms with Gasteiger partial charge in [-0.15, -0.1) is 0 Å². The van der Waals surface area contributed by atoms with Gasteiger partial charge in [-0.25, -0.2) is 0 Å². The van der Waals surface area contributed by atoms with E-state index in [2.05, 4.69) is 43.1 Å². The monoisotopic (exact) mass is 308 g/mol. The molecule has 0 radical (unpaired) electrons. The van der Waals surface area contributed by atoms with Crippen LogP contribution in [0.5, 0.6) is 0 Å². The summed E-state index contributed by atoms with van der Waals surface area (Å²) in [7, 11) is 0. The SMILES string of the molecule is CC(C)/C=C/C(=O)N1CCC(c2ccnc3ccccc23)CC1. The second-order valence-corrected chi connectivity index (χ2v) is 6.62. The maximum absolute atomic E-state index is 12.2. The van der Waals surface area contributed by atoms with Gasteiger partial charge in [0.1, 0.15) is 0 Å². The number of allylic oxidation sites excluding steroid dienone is 1. The van der Waals surface area contributed by atoms with E-state index in [9.17, 15) is 4.79 Å². The summed E-state index contributed by atoms with van der Waals surface area (Å²) in [6.45, 7) is 5.85. The largest absolute Gasteiger partial charge is 0.339 e. The quantitative estimate of drug-likeness (QED) is 0.798. The summed E-state index contributed by atoms with van der Waals surface area (Å²) in [6.07, 6.45) is 7.66. The van der Waals surface area contributed by atoms with Gasteiger partial charge in [0, 0.05) is 24.7 Å². The number of carbonyl (C=O) groups excluding carboxylic acids is 1. The Kier molecular flexibility index (Phi) is 4.75. The Morgan fingerprint density at radius 2 is 1.96 bits per heavy atom. The summed E-state index contributed by atoms with van der Waals surface area (Å²) in [5, 5.41) is 1.25. The van der Waals surface area contributed by atoms with Gasteiger partial charge < -0.3 is 4.90 Å². The number of likely N-dealkylation sites (tertiary alicyclic amines) is 1. The first-order valence-electron chi connectivity index (χ1n) is 8.46. The molecule has 0 saturated carbocycles. The van der Waals surface area contributed by atoms with Gasteiger partial charge in [-0.1, -0.05) is 38.1 Å². The molecule has 1 amide bonds. The van der Waals surface area contributed by atoms with Crippen molar-refractivity contribution in [3.63, 3.8) is 0 Å². The van der Waals surface area contributed by atoms with Crippen LogP contribution in [0.25, 0.3) is 10.9 Å². The lowest BCUT2D eigenvalue weighted by Gasteiger charge is -2.32. The third-order valence-corrected chi connectivity index (χ3v) is 4.55. The number of amides is 1. The molecule has 1 aliphatic heterocycles. The van der Waals surface area contributed by atoms with Crippen LogP contribution in [0.1, 0.15) is 38.2 Å². The van der Waals surface area contributed by atoms with Crippen molar-refractivity contribution in [2.75, 3.05) is 13.1 Å². The van der Waals surface area contributed by atoms with E-state index in [-0.39, 0.29) is 5.91 Å². The predicted molar refractivity (Wildman–Crippen MR) is 94.3 cm³/mol. The molecule has 0 bridgehead atoms. The average Bonchev–Trinajstić information content (AvgIpc) is 2.59. The zero-order valence-corrected chi connectivity index (χ0v) is 13.9. The normalized spacial score (nSPS) is 16.6. The number of carbonyl (C=O) groups is 1. The highest BCUT2D eigenvalue weighted by molar-refractivity contribution is 5.87. The Morgan fingerprint density at radius 1 is 1.22 bits per heavy atom. The van der Waals surface area contributed by atoms with E-state index in [0.717, 1.165) is 31.4 Å². The van der Waals surface area contributed by atoms with Crippen LogP contribution in [0, 0.1) is 5.92 Å². The van der Waals surface area contributed by atoms with Crippen molar-refractivity contribution < 1.29 is 4.79 Å². The minimum absolute atomic E-state index is 0.150. The molecule has 0 N–H and O–H groups in total. The first-order valence-corrected chi connectivity index (χ1v) is 8.46. The van der Waals surface area contributed by atoms with Gasteiger partial charge in [-0.05, 0) is 48.4 Å². The third-order valence-electron chi connectivity index (χ3n) is 4.55. The minimum Gasteiger partial charge on any atom is -0.339 e. The maximum Gasteiger partial charge on any atom is 0.246 e. The van der Waals surface area contributed by atoms with Crippen molar-refractivity contribution >= 4 is 16.8 Å². The third kappa shape index (κ3) is 3.61. The van der Waals surface area contributed by atoms with E-state index in [4.69, 9.17) is 0 Å². The van der Waals surface area contributed by atoms with E-state index in [1.165, 1.54) is 10.9 Å². The average molecular weight is 308 g/mol. The fraction of sp³-hybridized carbons (Fsp3) is 0.400. The molecule has 0 atom stereocenters. The lowest BCUT2D eigenvalue weighted by Crippen LogP contribution is -2.37. The highest BCUT2D eigenvalue weighted by Gasteiger charge is 2.23. The second kappa shape index (κ2) is 6.95. The van der Waals surface area contributed by atoms with Crippen LogP contribution in [0.2, 0.25) is 0 Å². The van der Waals surface area contributed by atoms with Gasteiger partial charge >= 0.3 is 0 Å². The Balaban J connectivity index is 1.70. The Bertz CT molecular complexity index is 707. The highest BCUT2D eigenvalue weighted by Crippen LogP contribution is 2.32. The number of para-hydroxylation sites is 1. The number of piperidine rings is 1. The zero-order valence-electron chi connectivity index (χ0n) is 13.9. The van der Waals surface area contributed by atoms with Gasteiger partial charge in [0.25, 0.3) is 0 Å². The number of rotatable bonds is 3. The number of benzene rings is 1. The Morgan fingerprint density at radius 3 is 2.70 bits per heavy atom. The van der Waals surface area contributed by atoms with E-state index in [1.807, 2.05) is 23.2 Å². The van der Waals surface area contributed by atoms with Crippen molar-refractivity contribution in [1.29, 1.82) is 0 Å². The summed E-state index contributed by atoms with van der Waals surface area (Å²) in [6, 6.07) is 10.5. The molecule has 2 aromatic rings. The molecule has 3 heteroatoms. The molecule has 1 aromatic carbocycles. The molecule has 1 aromatic heterocycles. The van der Waals surface area contributed by atoms with E-state index < -0.39 is 0 Å². The number of fused-ring (bicyclic) bond motifs is 1. The first kappa shape index (κ1) is 15.7. The lowest BCUT2D eigenvalue weighted by molar-refractivity contribution is -0.127. The Hall–Kier alpha value is -2.16. The molecule has 0 aliphatic carbocycles.